The lowest BCUT2D eigenvalue weighted by Crippen LogP contribution is -2.42. The zero-order valence-corrected chi connectivity index (χ0v) is 16.5. The molecule has 1 amide bonds. The van der Waals surface area contributed by atoms with Gasteiger partial charge >= 0.3 is 0 Å². The molecule has 3 rings (SSSR count). The van der Waals surface area contributed by atoms with Gasteiger partial charge in [0.05, 0.1) is 12.0 Å². The molecule has 2 atom stereocenters. The van der Waals surface area contributed by atoms with Crippen molar-refractivity contribution in [1.29, 1.82) is 0 Å². The number of carbonyl (C=O) groups is 1. The normalized spacial score (nSPS) is 21.0. The molecule has 1 aliphatic carbocycles. The van der Waals surface area contributed by atoms with Gasteiger partial charge in [-0.3, -0.25) is 4.79 Å². The average molecular weight is 370 g/mol. The van der Waals surface area contributed by atoms with Crippen molar-refractivity contribution in [3.05, 3.63) is 71.8 Å². The van der Waals surface area contributed by atoms with Crippen molar-refractivity contribution in [2.24, 2.45) is 5.92 Å². The predicted molar refractivity (Wildman–Crippen MR) is 109 cm³/mol. The van der Waals surface area contributed by atoms with Crippen LogP contribution in [0.1, 0.15) is 38.4 Å². The zero-order valence-electron chi connectivity index (χ0n) is 16.5. The molecule has 4 nitrogen and oxygen atoms in total. The highest BCUT2D eigenvalue weighted by Crippen LogP contribution is 2.29. The second-order valence-electron chi connectivity index (χ2n) is 6.52. The van der Waals surface area contributed by atoms with E-state index in [2.05, 4.69) is 0 Å². The number of rotatable bonds is 4. The van der Waals surface area contributed by atoms with Gasteiger partial charge in [0.1, 0.15) is 6.10 Å². The average Bonchev–Trinajstić information content (AvgIpc) is 2.97. The van der Waals surface area contributed by atoms with E-state index < -0.39 is 0 Å². The Morgan fingerprint density at radius 3 is 2.44 bits per heavy atom. The van der Waals surface area contributed by atoms with E-state index in [-0.39, 0.29) is 24.0 Å². The minimum atomic E-state index is -0.304. The van der Waals surface area contributed by atoms with Crippen LogP contribution in [0.3, 0.4) is 0 Å². The summed E-state index contributed by atoms with van der Waals surface area (Å²) in [6.07, 6.45) is 10.6. The number of amides is 1. The summed E-state index contributed by atoms with van der Waals surface area (Å²) in [4.78, 5) is 14.7. The number of hydrogen-bond donors (Lipinski definition) is 1. The van der Waals surface area contributed by atoms with Gasteiger partial charge in [-0.15, -0.1) is 0 Å². The lowest BCUT2D eigenvalue weighted by atomic mass is 9.96. The number of aliphatic hydroxyl groups is 1. The number of allylic oxidation sites excluding steroid dienone is 2. The zero-order chi connectivity index (χ0) is 19.6. The van der Waals surface area contributed by atoms with E-state index in [0.29, 0.717) is 25.9 Å². The number of likely N-dealkylation sites (tertiary alicyclic amines) is 1. The van der Waals surface area contributed by atoms with E-state index in [1.54, 1.807) is 7.11 Å². The van der Waals surface area contributed by atoms with Gasteiger partial charge in [0.25, 0.3) is 0 Å². The van der Waals surface area contributed by atoms with Gasteiger partial charge in [-0.25, -0.2) is 0 Å². The fourth-order valence-corrected chi connectivity index (χ4v) is 3.39. The molecule has 2 aliphatic rings. The Hall–Kier alpha value is -2.17. The summed E-state index contributed by atoms with van der Waals surface area (Å²) in [5, 5.41) is 9.65. The van der Waals surface area contributed by atoms with Gasteiger partial charge in [-0.1, -0.05) is 74.6 Å². The molecule has 27 heavy (non-hydrogen) atoms. The number of benzene rings is 1. The Morgan fingerprint density at radius 2 is 1.81 bits per heavy atom. The molecule has 1 aliphatic heterocycles. The van der Waals surface area contributed by atoms with Gasteiger partial charge in [0, 0.05) is 20.2 Å². The Bertz CT molecular complexity index is 670. The van der Waals surface area contributed by atoms with Crippen LogP contribution in [-0.4, -0.2) is 42.2 Å². The lowest BCUT2D eigenvalue weighted by molar-refractivity contribution is -0.134. The van der Waals surface area contributed by atoms with E-state index in [9.17, 15) is 9.90 Å². The Balaban J connectivity index is 0.00000126. The number of piperidine rings is 1. The van der Waals surface area contributed by atoms with Gasteiger partial charge in [0.2, 0.25) is 5.91 Å². The monoisotopic (exact) mass is 369 g/mol. The third-order valence-corrected chi connectivity index (χ3v) is 4.79. The van der Waals surface area contributed by atoms with Crippen molar-refractivity contribution >= 4 is 5.91 Å². The van der Waals surface area contributed by atoms with Crippen LogP contribution in [0, 0.1) is 5.92 Å². The maximum atomic E-state index is 12.9. The molecule has 4 heteroatoms. The molecular weight excluding hydrogens is 338 g/mol. The second-order valence-corrected chi connectivity index (χ2v) is 6.52. The number of hydrogen-bond acceptors (Lipinski definition) is 3. The molecule has 2 unspecified atom stereocenters. The third-order valence-electron chi connectivity index (χ3n) is 4.79. The van der Waals surface area contributed by atoms with Crippen LogP contribution in [0.15, 0.2) is 66.3 Å². The summed E-state index contributed by atoms with van der Waals surface area (Å²) >= 11 is 0. The molecule has 1 aromatic carbocycles. The Kier molecular flexibility index (Phi) is 8.49. The minimum absolute atomic E-state index is 0.0901. The number of ether oxygens (including phenoxy) is 1. The first kappa shape index (κ1) is 21.1. The highest BCUT2D eigenvalue weighted by atomic mass is 16.5. The number of nitrogens with zero attached hydrogens (tertiary/aromatic N) is 1. The minimum Gasteiger partial charge on any atom is -0.393 e. The van der Waals surface area contributed by atoms with Crippen molar-refractivity contribution in [2.75, 3.05) is 20.2 Å². The topological polar surface area (TPSA) is 49.8 Å². The van der Waals surface area contributed by atoms with Crippen LogP contribution in [0.25, 0.3) is 0 Å². The summed E-state index contributed by atoms with van der Waals surface area (Å²) in [5.74, 6) is -0.214. The highest BCUT2D eigenvalue weighted by Gasteiger charge is 2.26. The van der Waals surface area contributed by atoms with Gasteiger partial charge in [0.15, 0.2) is 0 Å². The summed E-state index contributed by atoms with van der Waals surface area (Å²) in [5.41, 5.74) is 2.05. The fraction of sp³-hybridized carbons (Fsp3) is 0.435. The largest absolute Gasteiger partial charge is 0.393 e. The van der Waals surface area contributed by atoms with Crippen molar-refractivity contribution in [1.82, 2.24) is 4.90 Å². The van der Waals surface area contributed by atoms with Crippen LogP contribution in [0.2, 0.25) is 0 Å². The van der Waals surface area contributed by atoms with E-state index in [4.69, 9.17) is 4.74 Å². The molecule has 1 saturated heterocycles. The molecule has 146 valence electrons. The first-order valence-corrected chi connectivity index (χ1v) is 9.80. The molecule has 0 aromatic heterocycles. The number of carbonyl (C=O) groups excluding carboxylic acids is 1. The first-order valence-electron chi connectivity index (χ1n) is 9.80. The van der Waals surface area contributed by atoms with E-state index in [0.717, 1.165) is 11.1 Å². The van der Waals surface area contributed by atoms with Crippen LogP contribution >= 0.6 is 0 Å². The molecule has 1 N–H and O–H groups in total. The quantitative estimate of drug-likeness (QED) is 0.871. The van der Waals surface area contributed by atoms with E-state index in [1.807, 2.05) is 79.5 Å². The molecule has 0 radical (unpaired) electrons. The van der Waals surface area contributed by atoms with Gasteiger partial charge in [-0.05, 0) is 24.0 Å². The van der Waals surface area contributed by atoms with Crippen LogP contribution < -0.4 is 0 Å². The smallest absolute Gasteiger partial charge is 0.233 e. The standard InChI is InChI=1S/C21H25NO3.C2H6/c1-25-20(16-7-3-2-4-8-16)17-9-5-6-10-18(15-17)21(24)22-13-11-19(23)12-14-22;1-2/h2-10,15,18-20,23H,11-14H2,1H3;1-2H3. The van der Waals surface area contributed by atoms with Crippen LogP contribution in [-0.2, 0) is 9.53 Å². The molecule has 1 aromatic rings. The SMILES string of the molecule is CC.COC(C1=CC(C(=O)N2CCC(O)CC2)C=CC=C1)c1ccccc1. The lowest BCUT2D eigenvalue weighted by Gasteiger charge is -2.31. The van der Waals surface area contributed by atoms with E-state index >= 15 is 0 Å². The van der Waals surface area contributed by atoms with Crippen molar-refractivity contribution in [2.45, 2.75) is 38.9 Å². The first-order chi connectivity index (χ1) is 13.2. The fourth-order valence-electron chi connectivity index (χ4n) is 3.39. The maximum Gasteiger partial charge on any atom is 0.233 e. The van der Waals surface area contributed by atoms with Crippen molar-refractivity contribution in [3.63, 3.8) is 0 Å². The maximum absolute atomic E-state index is 12.9. The van der Waals surface area contributed by atoms with Gasteiger partial charge < -0.3 is 14.7 Å². The predicted octanol–water partition coefficient (Wildman–Crippen LogP) is 4.05. The van der Waals surface area contributed by atoms with Crippen LogP contribution in [0.5, 0.6) is 0 Å². The Morgan fingerprint density at radius 1 is 1.15 bits per heavy atom. The molecular formula is C23H31NO3. The summed E-state index contributed by atoms with van der Waals surface area (Å²) < 4.78 is 5.71. The van der Waals surface area contributed by atoms with Crippen LogP contribution in [0.4, 0.5) is 0 Å². The summed E-state index contributed by atoms with van der Waals surface area (Å²) in [6, 6.07) is 10.0. The molecule has 0 saturated carbocycles. The summed E-state index contributed by atoms with van der Waals surface area (Å²) in [7, 11) is 1.69. The van der Waals surface area contributed by atoms with Gasteiger partial charge in [-0.2, -0.15) is 0 Å². The molecule has 1 heterocycles. The molecule has 0 spiro atoms. The number of aliphatic hydroxyl groups excluding tert-OH is 1. The molecule has 0 bridgehead atoms. The third kappa shape index (κ3) is 5.65. The summed E-state index contributed by atoms with van der Waals surface area (Å²) in [6.45, 7) is 5.24. The van der Waals surface area contributed by atoms with Crippen molar-refractivity contribution < 1.29 is 14.6 Å². The second kappa shape index (κ2) is 10.9. The highest BCUT2D eigenvalue weighted by molar-refractivity contribution is 5.83. The van der Waals surface area contributed by atoms with E-state index in [1.165, 1.54) is 0 Å². The Labute approximate surface area is 162 Å². The number of methoxy groups -OCH3 is 1. The van der Waals surface area contributed by atoms with Crippen molar-refractivity contribution in [3.8, 4) is 0 Å². The molecule has 1 fully saturated rings.